The molecule has 7 atom stereocenters. The monoisotopic (exact) mass is 576 g/mol. The summed E-state index contributed by atoms with van der Waals surface area (Å²) in [5.41, 5.74) is -0.797. The number of carbonyl (C=O) groups is 1. The molecule has 4 rings (SSSR count). The SMILES string of the molecule is CC(COc1ccccc1)(CO[C@@H]1[C@@H](CC=CCCCC(=O)O)[C@@H](O)C[C@H]1OC1CCCCO1)OC1CCCCO1. The average Bonchev–Trinajstić information content (AvgIpc) is 3.27. The van der Waals surface area contributed by atoms with E-state index in [1.165, 1.54) is 0 Å². The Kier molecular flexibility index (Phi) is 12.9. The molecule has 1 aromatic rings. The average molecular weight is 577 g/mol. The van der Waals surface area contributed by atoms with E-state index in [0.29, 0.717) is 38.9 Å². The summed E-state index contributed by atoms with van der Waals surface area (Å²) in [6.45, 7) is 3.85. The Morgan fingerprint density at radius 1 is 1.02 bits per heavy atom. The lowest BCUT2D eigenvalue weighted by molar-refractivity contribution is -0.253. The van der Waals surface area contributed by atoms with Gasteiger partial charge in [-0.2, -0.15) is 0 Å². The summed E-state index contributed by atoms with van der Waals surface area (Å²) in [6.07, 6.45) is 10.4. The van der Waals surface area contributed by atoms with Crippen molar-refractivity contribution in [1.29, 1.82) is 0 Å². The van der Waals surface area contributed by atoms with Crippen LogP contribution in [0.5, 0.6) is 5.75 Å². The topological polar surface area (TPSA) is 113 Å². The zero-order valence-electron chi connectivity index (χ0n) is 24.4. The number of aliphatic hydroxyl groups is 1. The van der Waals surface area contributed by atoms with E-state index in [4.69, 9.17) is 33.5 Å². The van der Waals surface area contributed by atoms with E-state index in [1.807, 2.05) is 49.4 Å². The summed E-state index contributed by atoms with van der Waals surface area (Å²) in [7, 11) is 0. The van der Waals surface area contributed by atoms with Crippen LogP contribution in [0.15, 0.2) is 42.5 Å². The highest BCUT2D eigenvalue weighted by atomic mass is 16.7. The molecule has 1 saturated carbocycles. The standard InChI is InChI=1S/C32H48O9/c1-32(41-30-18-10-12-20-37-30,22-38-24-13-5-4-6-14-24)23-39-31-25(15-7-2-3-8-16-28(34)35)26(33)21-27(31)40-29-17-9-11-19-36-29/h2,4-7,13-14,25-27,29-31,33H,3,8-12,15-23H2,1H3,(H,34,35)/t25-,26-,27+,29?,30?,31+,32?/m0/s1. The quantitative estimate of drug-likeness (QED) is 0.201. The maximum absolute atomic E-state index is 11.1. The van der Waals surface area contributed by atoms with Crippen molar-refractivity contribution >= 4 is 5.97 Å². The van der Waals surface area contributed by atoms with Gasteiger partial charge < -0.3 is 38.6 Å². The van der Waals surface area contributed by atoms with Gasteiger partial charge in [-0.25, -0.2) is 0 Å². The first-order valence-electron chi connectivity index (χ1n) is 15.3. The van der Waals surface area contributed by atoms with E-state index in [1.54, 1.807) is 0 Å². The molecule has 0 spiro atoms. The number of benzene rings is 1. The van der Waals surface area contributed by atoms with E-state index >= 15 is 0 Å². The van der Waals surface area contributed by atoms with Gasteiger partial charge in [-0.15, -0.1) is 0 Å². The Hall–Kier alpha value is -2.01. The van der Waals surface area contributed by atoms with Crippen LogP contribution in [-0.4, -0.2) is 79.1 Å². The van der Waals surface area contributed by atoms with Gasteiger partial charge in [0.05, 0.1) is 24.9 Å². The zero-order valence-corrected chi connectivity index (χ0v) is 24.4. The molecule has 3 aliphatic rings. The largest absolute Gasteiger partial charge is 0.491 e. The normalized spacial score (nSPS) is 30.3. The number of carboxylic acid groups (broad SMARTS) is 1. The highest BCUT2D eigenvalue weighted by Gasteiger charge is 2.46. The molecule has 2 saturated heterocycles. The van der Waals surface area contributed by atoms with Crippen LogP contribution >= 0.6 is 0 Å². The molecule has 9 heteroatoms. The molecule has 9 nitrogen and oxygen atoms in total. The Labute approximate surface area is 244 Å². The maximum Gasteiger partial charge on any atom is 0.303 e. The van der Waals surface area contributed by atoms with Gasteiger partial charge in [-0.05, 0) is 76.8 Å². The fraction of sp³-hybridized carbons (Fsp3) is 0.719. The van der Waals surface area contributed by atoms with Crippen LogP contribution in [-0.2, 0) is 28.5 Å². The van der Waals surface area contributed by atoms with Crippen LogP contribution < -0.4 is 4.74 Å². The summed E-state index contributed by atoms with van der Waals surface area (Å²) < 4.78 is 37.4. The van der Waals surface area contributed by atoms with Crippen molar-refractivity contribution in [2.45, 2.75) is 114 Å². The molecule has 2 N–H and O–H groups in total. The minimum Gasteiger partial charge on any atom is -0.491 e. The third-order valence-electron chi connectivity index (χ3n) is 7.98. The third-order valence-corrected chi connectivity index (χ3v) is 7.98. The fourth-order valence-electron chi connectivity index (χ4n) is 5.71. The van der Waals surface area contributed by atoms with Crippen LogP contribution in [0, 0.1) is 5.92 Å². The molecule has 41 heavy (non-hydrogen) atoms. The van der Waals surface area contributed by atoms with Crippen LogP contribution in [0.1, 0.15) is 77.6 Å². The lowest BCUT2D eigenvalue weighted by atomic mass is 9.98. The maximum atomic E-state index is 11.1. The Balaban J connectivity index is 1.43. The van der Waals surface area contributed by atoms with Gasteiger partial charge in [0.15, 0.2) is 12.6 Å². The van der Waals surface area contributed by atoms with Crippen LogP contribution in [0.25, 0.3) is 0 Å². The predicted octanol–water partition coefficient (Wildman–Crippen LogP) is 5.25. The molecule has 1 aliphatic carbocycles. The molecule has 230 valence electrons. The number of carboxylic acids is 1. The number of aliphatic hydroxyl groups excluding tert-OH is 1. The van der Waals surface area contributed by atoms with Gasteiger partial charge in [0.2, 0.25) is 0 Å². The number of unbranched alkanes of at least 4 members (excludes halogenated alkanes) is 1. The number of aliphatic carboxylic acids is 1. The van der Waals surface area contributed by atoms with Gasteiger partial charge in [0, 0.05) is 32.0 Å². The van der Waals surface area contributed by atoms with Gasteiger partial charge in [-0.1, -0.05) is 30.4 Å². The molecule has 3 unspecified atom stereocenters. The lowest BCUT2D eigenvalue weighted by Crippen LogP contribution is -2.47. The Morgan fingerprint density at radius 3 is 2.44 bits per heavy atom. The Bertz CT molecular complexity index is 913. The number of para-hydroxylation sites is 1. The number of hydrogen-bond donors (Lipinski definition) is 2. The number of ether oxygens (including phenoxy) is 6. The molecular formula is C32H48O9. The summed E-state index contributed by atoms with van der Waals surface area (Å²) >= 11 is 0. The minimum absolute atomic E-state index is 0.147. The van der Waals surface area contributed by atoms with E-state index in [0.717, 1.165) is 44.3 Å². The van der Waals surface area contributed by atoms with Crippen molar-refractivity contribution in [3.8, 4) is 5.75 Å². The predicted molar refractivity (Wildman–Crippen MR) is 153 cm³/mol. The summed E-state index contributed by atoms with van der Waals surface area (Å²) in [5.74, 6) is -0.211. The van der Waals surface area contributed by atoms with Gasteiger partial charge in [0.1, 0.15) is 18.0 Å². The number of allylic oxidation sites excluding steroid dienone is 2. The first kappa shape index (κ1) is 31.9. The van der Waals surface area contributed by atoms with Gasteiger partial charge in [-0.3, -0.25) is 4.79 Å². The molecule has 0 aromatic heterocycles. The van der Waals surface area contributed by atoms with Crippen molar-refractivity contribution in [3.63, 3.8) is 0 Å². The molecular weight excluding hydrogens is 528 g/mol. The van der Waals surface area contributed by atoms with E-state index in [-0.39, 0.29) is 50.3 Å². The second kappa shape index (κ2) is 16.6. The second-order valence-corrected chi connectivity index (χ2v) is 11.7. The molecule has 2 heterocycles. The molecule has 0 bridgehead atoms. The van der Waals surface area contributed by atoms with Crippen molar-refractivity contribution < 1.29 is 43.4 Å². The minimum atomic E-state index is -0.797. The van der Waals surface area contributed by atoms with Crippen molar-refractivity contribution in [2.24, 2.45) is 5.92 Å². The first-order valence-corrected chi connectivity index (χ1v) is 15.3. The van der Waals surface area contributed by atoms with Crippen LogP contribution in [0.3, 0.4) is 0 Å². The molecule has 1 aromatic carbocycles. The molecule has 3 fully saturated rings. The van der Waals surface area contributed by atoms with E-state index in [2.05, 4.69) is 0 Å². The Morgan fingerprint density at radius 2 is 1.76 bits per heavy atom. The van der Waals surface area contributed by atoms with E-state index < -0.39 is 17.7 Å². The van der Waals surface area contributed by atoms with Crippen molar-refractivity contribution in [1.82, 2.24) is 0 Å². The van der Waals surface area contributed by atoms with Crippen molar-refractivity contribution in [3.05, 3.63) is 42.5 Å². The zero-order chi connectivity index (χ0) is 28.9. The molecule has 0 amide bonds. The van der Waals surface area contributed by atoms with Crippen LogP contribution in [0.2, 0.25) is 0 Å². The first-order chi connectivity index (χ1) is 19.9. The number of hydrogen-bond acceptors (Lipinski definition) is 8. The fourth-order valence-corrected chi connectivity index (χ4v) is 5.71. The molecule has 2 aliphatic heterocycles. The second-order valence-electron chi connectivity index (χ2n) is 11.7. The van der Waals surface area contributed by atoms with Gasteiger partial charge >= 0.3 is 5.97 Å². The molecule has 0 radical (unpaired) electrons. The highest BCUT2D eigenvalue weighted by Crippen LogP contribution is 2.37. The van der Waals surface area contributed by atoms with E-state index in [9.17, 15) is 9.90 Å². The number of rotatable bonds is 16. The summed E-state index contributed by atoms with van der Waals surface area (Å²) in [4.78, 5) is 10.8. The smallest absolute Gasteiger partial charge is 0.303 e. The highest BCUT2D eigenvalue weighted by molar-refractivity contribution is 5.66. The third kappa shape index (κ3) is 10.6. The van der Waals surface area contributed by atoms with Crippen molar-refractivity contribution in [2.75, 3.05) is 26.4 Å². The lowest BCUT2D eigenvalue weighted by Gasteiger charge is -2.37. The van der Waals surface area contributed by atoms with Crippen LogP contribution in [0.4, 0.5) is 0 Å². The summed E-state index contributed by atoms with van der Waals surface area (Å²) in [5, 5.41) is 20.0. The summed E-state index contributed by atoms with van der Waals surface area (Å²) in [6, 6.07) is 9.65. The van der Waals surface area contributed by atoms with Gasteiger partial charge in [0.25, 0.3) is 0 Å².